The van der Waals surface area contributed by atoms with E-state index in [0.29, 0.717) is 23.9 Å². The van der Waals surface area contributed by atoms with Gasteiger partial charge in [0, 0.05) is 12.6 Å². The number of aliphatic hydroxyl groups is 1. The molecule has 19 heavy (non-hydrogen) atoms. The zero-order chi connectivity index (χ0) is 13.2. The van der Waals surface area contributed by atoms with Crippen LogP contribution in [-0.2, 0) is 0 Å². The van der Waals surface area contributed by atoms with Crippen LogP contribution >= 0.6 is 11.3 Å². The van der Waals surface area contributed by atoms with E-state index in [1.807, 2.05) is 17.5 Å². The largest absolute Gasteiger partial charge is 0.393 e. The first-order chi connectivity index (χ1) is 9.22. The van der Waals surface area contributed by atoms with Crippen LogP contribution in [0.2, 0.25) is 0 Å². The Kier molecular flexibility index (Phi) is 3.35. The Bertz CT molecular complexity index is 558. The van der Waals surface area contributed by atoms with E-state index in [2.05, 4.69) is 10.5 Å². The highest BCUT2D eigenvalue weighted by Gasteiger charge is 2.27. The van der Waals surface area contributed by atoms with E-state index in [9.17, 15) is 9.90 Å². The second-order valence-electron chi connectivity index (χ2n) is 4.75. The number of hydrogen-bond donors (Lipinski definition) is 2. The maximum absolute atomic E-state index is 11.9. The lowest BCUT2D eigenvalue weighted by Gasteiger charge is -2.31. The van der Waals surface area contributed by atoms with Gasteiger partial charge in [0.15, 0.2) is 11.5 Å². The van der Waals surface area contributed by atoms with Gasteiger partial charge in [-0.05, 0) is 30.2 Å². The topological polar surface area (TPSA) is 75.4 Å². The van der Waals surface area contributed by atoms with Crippen LogP contribution in [-0.4, -0.2) is 28.8 Å². The molecule has 2 aromatic heterocycles. The Morgan fingerprint density at radius 3 is 3.11 bits per heavy atom. The molecule has 0 radical (unpaired) electrons. The van der Waals surface area contributed by atoms with Crippen LogP contribution in [0.4, 0.5) is 0 Å². The van der Waals surface area contributed by atoms with Crippen LogP contribution < -0.4 is 5.32 Å². The number of nitrogens with one attached hydrogen (secondary N) is 1. The summed E-state index contributed by atoms with van der Waals surface area (Å²) in [5, 5.41) is 17.7. The molecule has 0 unspecified atom stereocenters. The number of amides is 1. The van der Waals surface area contributed by atoms with Gasteiger partial charge in [-0.1, -0.05) is 11.2 Å². The SMILES string of the molecule is O=C(NCC1CC(O)C1)c1cc(-c2cccs2)on1. The minimum Gasteiger partial charge on any atom is -0.393 e. The summed E-state index contributed by atoms with van der Waals surface area (Å²) < 4.78 is 5.15. The average Bonchev–Trinajstić information content (AvgIpc) is 3.01. The van der Waals surface area contributed by atoms with Gasteiger partial charge in [-0.25, -0.2) is 0 Å². The molecule has 1 amide bonds. The quantitative estimate of drug-likeness (QED) is 0.895. The molecule has 1 aliphatic carbocycles. The monoisotopic (exact) mass is 278 g/mol. The highest BCUT2D eigenvalue weighted by molar-refractivity contribution is 7.13. The average molecular weight is 278 g/mol. The number of nitrogens with zero attached hydrogens (tertiary/aromatic N) is 1. The van der Waals surface area contributed by atoms with Gasteiger partial charge < -0.3 is 14.9 Å². The smallest absolute Gasteiger partial charge is 0.273 e. The lowest BCUT2D eigenvalue weighted by Crippen LogP contribution is -2.38. The lowest BCUT2D eigenvalue weighted by atomic mass is 9.82. The summed E-state index contributed by atoms with van der Waals surface area (Å²) in [7, 11) is 0. The molecule has 1 aliphatic rings. The molecule has 5 nitrogen and oxygen atoms in total. The van der Waals surface area contributed by atoms with Gasteiger partial charge >= 0.3 is 0 Å². The summed E-state index contributed by atoms with van der Waals surface area (Å²) in [4.78, 5) is 12.8. The van der Waals surface area contributed by atoms with E-state index in [-0.39, 0.29) is 12.0 Å². The fourth-order valence-corrected chi connectivity index (χ4v) is 2.79. The van der Waals surface area contributed by atoms with Crippen molar-refractivity contribution in [2.45, 2.75) is 18.9 Å². The number of carbonyl (C=O) groups is 1. The standard InChI is InChI=1S/C13H14N2O3S/c16-9-4-8(5-9)7-14-13(17)10-6-11(18-15-10)12-2-1-3-19-12/h1-3,6,8-9,16H,4-5,7H2,(H,14,17). The van der Waals surface area contributed by atoms with E-state index in [1.54, 1.807) is 6.07 Å². The third-order valence-electron chi connectivity index (χ3n) is 3.27. The molecule has 1 fully saturated rings. The fourth-order valence-electron chi connectivity index (χ4n) is 2.11. The second kappa shape index (κ2) is 5.14. The molecule has 0 spiro atoms. The predicted octanol–water partition coefficient (Wildman–Crippen LogP) is 1.90. The minimum atomic E-state index is -0.229. The van der Waals surface area contributed by atoms with Crippen molar-refractivity contribution < 1.29 is 14.4 Å². The highest BCUT2D eigenvalue weighted by Crippen LogP contribution is 2.27. The number of aliphatic hydroxyl groups excluding tert-OH is 1. The first-order valence-corrected chi connectivity index (χ1v) is 7.07. The first-order valence-electron chi connectivity index (χ1n) is 6.19. The molecule has 0 atom stereocenters. The predicted molar refractivity (Wildman–Crippen MR) is 70.9 cm³/mol. The molecule has 2 aromatic rings. The molecule has 6 heteroatoms. The van der Waals surface area contributed by atoms with E-state index in [0.717, 1.165) is 17.7 Å². The molecule has 1 saturated carbocycles. The molecule has 2 heterocycles. The summed E-state index contributed by atoms with van der Waals surface area (Å²) in [6.45, 7) is 0.580. The van der Waals surface area contributed by atoms with Crippen molar-refractivity contribution >= 4 is 17.2 Å². The molecular formula is C13H14N2O3S. The summed E-state index contributed by atoms with van der Waals surface area (Å²) in [5.74, 6) is 0.759. The summed E-state index contributed by atoms with van der Waals surface area (Å²) in [6.07, 6.45) is 1.33. The van der Waals surface area contributed by atoms with Crippen molar-refractivity contribution in [1.82, 2.24) is 10.5 Å². The van der Waals surface area contributed by atoms with Crippen LogP contribution in [0.3, 0.4) is 0 Å². The molecule has 3 rings (SSSR count). The minimum absolute atomic E-state index is 0.195. The van der Waals surface area contributed by atoms with E-state index in [1.165, 1.54) is 11.3 Å². The molecule has 0 bridgehead atoms. The maximum atomic E-state index is 11.9. The number of hydrogen-bond acceptors (Lipinski definition) is 5. The third-order valence-corrected chi connectivity index (χ3v) is 4.15. The summed E-state index contributed by atoms with van der Waals surface area (Å²) in [5.41, 5.74) is 0.295. The van der Waals surface area contributed by atoms with E-state index < -0.39 is 0 Å². The Labute approximate surface area is 114 Å². The third kappa shape index (κ3) is 2.69. The number of thiophene rings is 1. The van der Waals surface area contributed by atoms with Gasteiger partial charge in [0.2, 0.25) is 0 Å². The molecule has 0 aliphatic heterocycles. The molecular weight excluding hydrogens is 264 g/mol. The Morgan fingerprint density at radius 1 is 1.58 bits per heavy atom. The van der Waals surface area contributed by atoms with Crippen molar-refractivity contribution in [3.8, 4) is 10.6 Å². The second-order valence-corrected chi connectivity index (χ2v) is 5.70. The van der Waals surface area contributed by atoms with Crippen molar-refractivity contribution in [3.05, 3.63) is 29.3 Å². The number of aromatic nitrogens is 1. The van der Waals surface area contributed by atoms with Gasteiger partial charge in [-0.2, -0.15) is 0 Å². The maximum Gasteiger partial charge on any atom is 0.273 e. The van der Waals surface area contributed by atoms with Crippen molar-refractivity contribution in [2.75, 3.05) is 6.54 Å². The Balaban J connectivity index is 1.58. The van der Waals surface area contributed by atoms with Crippen LogP contribution in [0.1, 0.15) is 23.3 Å². The van der Waals surface area contributed by atoms with E-state index in [4.69, 9.17) is 4.52 Å². The van der Waals surface area contributed by atoms with Gasteiger partial charge in [-0.3, -0.25) is 4.79 Å². The summed E-state index contributed by atoms with van der Waals surface area (Å²) in [6, 6.07) is 5.49. The number of rotatable bonds is 4. The van der Waals surface area contributed by atoms with Crippen LogP contribution in [0.15, 0.2) is 28.1 Å². The molecule has 0 saturated heterocycles. The van der Waals surface area contributed by atoms with Gasteiger partial charge in [0.05, 0.1) is 11.0 Å². The van der Waals surface area contributed by atoms with Crippen molar-refractivity contribution in [1.29, 1.82) is 0 Å². The van der Waals surface area contributed by atoms with Gasteiger partial charge in [0.1, 0.15) is 0 Å². The molecule has 100 valence electrons. The molecule has 2 N–H and O–H groups in total. The summed E-state index contributed by atoms with van der Waals surface area (Å²) >= 11 is 1.54. The van der Waals surface area contributed by atoms with Crippen molar-refractivity contribution in [2.24, 2.45) is 5.92 Å². The zero-order valence-electron chi connectivity index (χ0n) is 10.2. The van der Waals surface area contributed by atoms with Gasteiger partial charge in [-0.15, -0.1) is 11.3 Å². The van der Waals surface area contributed by atoms with Gasteiger partial charge in [0.25, 0.3) is 5.91 Å². The van der Waals surface area contributed by atoms with Crippen molar-refractivity contribution in [3.63, 3.8) is 0 Å². The van der Waals surface area contributed by atoms with Crippen LogP contribution in [0, 0.1) is 5.92 Å². The number of carbonyl (C=O) groups excluding carboxylic acids is 1. The fraction of sp³-hybridized carbons (Fsp3) is 0.385. The normalized spacial score (nSPS) is 21.9. The highest BCUT2D eigenvalue weighted by atomic mass is 32.1. The lowest BCUT2D eigenvalue weighted by molar-refractivity contribution is 0.0419. The van der Waals surface area contributed by atoms with Crippen LogP contribution in [0.5, 0.6) is 0 Å². The van der Waals surface area contributed by atoms with E-state index >= 15 is 0 Å². The molecule has 0 aromatic carbocycles. The van der Waals surface area contributed by atoms with Crippen LogP contribution in [0.25, 0.3) is 10.6 Å². The Hall–Kier alpha value is -1.66. The zero-order valence-corrected chi connectivity index (χ0v) is 11.0. The Morgan fingerprint density at radius 2 is 2.42 bits per heavy atom. The first kappa shape index (κ1) is 12.4.